The maximum atomic E-state index is 11.8. The Morgan fingerprint density at radius 1 is 1.23 bits per heavy atom. The van der Waals surface area contributed by atoms with Gasteiger partial charge in [0.2, 0.25) is 0 Å². The van der Waals surface area contributed by atoms with Gasteiger partial charge in [0, 0.05) is 40.1 Å². The molecule has 0 unspecified atom stereocenters. The highest BCUT2D eigenvalue weighted by Gasteiger charge is 2.39. The number of rotatable bonds is 4. The zero-order chi connectivity index (χ0) is 19.3. The number of fused-ring (bicyclic) bond motifs is 1. The number of benzene rings is 1. The molecule has 3 rings (SSSR count). The lowest BCUT2D eigenvalue weighted by Crippen LogP contribution is -2.61. The molecule has 1 fully saturated rings. The number of hydrogen-bond donors (Lipinski definition) is 3. The number of nitrogens with one attached hydrogen (secondary N) is 2. The maximum Gasteiger partial charge on any atom is 0.352 e. The highest BCUT2D eigenvalue weighted by molar-refractivity contribution is 5.97. The van der Waals surface area contributed by atoms with E-state index in [1.807, 2.05) is 19.1 Å². The Morgan fingerprint density at radius 3 is 2.42 bits per heavy atom. The molecule has 1 aliphatic rings. The molecule has 0 radical (unpaired) electrons. The molecule has 2 heterocycles. The monoisotopic (exact) mass is 357 g/mol. The van der Waals surface area contributed by atoms with Crippen LogP contribution in [0.3, 0.4) is 0 Å². The summed E-state index contributed by atoms with van der Waals surface area (Å²) in [5, 5.41) is 14.4. The van der Waals surface area contributed by atoms with Crippen molar-refractivity contribution in [1.82, 2.24) is 15.2 Å². The van der Waals surface area contributed by atoms with Crippen LogP contribution >= 0.6 is 0 Å². The average Bonchev–Trinajstić information content (AvgIpc) is 2.82. The van der Waals surface area contributed by atoms with Crippen LogP contribution < -0.4 is 5.32 Å². The average molecular weight is 357 g/mol. The van der Waals surface area contributed by atoms with Crippen LogP contribution in [0.1, 0.15) is 62.2 Å². The Bertz CT molecular complexity index is 819. The highest BCUT2D eigenvalue weighted by Crippen LogP contribution is 2.33. The Hall–Kier alpha value is -1.85. The first kappa shape index (κ1) is 18.9. The predicted octanol–water partition coefficient (Wildman–Crippen LogP) is 3.92. The molecule has 1 aromatic heterocycles. The third-order valence-corrected chi connectivity index (χ3v) is 5.48. The molecule has 1 aromatic carbocycles. The molecule has 0 amide bonds. The second-order valence-corrected chi connectivity index (χ2v) is 9.20. The molecule has 5 nitrogen and oxygen atoms in total. The Morgan fingerprint density at radius 2 is 1.85 bits per heavy atom. The highest BCUT2D eigenvalue weighted by atomic mass is 16.4. The molecule has 1 saturated heterocycles. The van der Waals surface area contributed by atoms with E-state index in [9.17, 15) is 9.90 Å². The van der Waals surface area contributed by atoms with Crippen LogP contribution in [0.2, 0.25) is 0 Å². The van der Waals surface area contributed by atoms with E-state index in [4.69, 9.17) is 0 Å². The van der Waals surface area contributed by atoms with E-state index in [0.717, 1.165) is 34.9 Å². The van der Waals surface area contributed by atoms with Crippen molar-refractivity contribution >= 4 is 16.9 Å². The van der Waals surface area contributed by atoms with Gasteiger partial charge in [-0.2, -0.15) is 0 Å². The number of carboxylic acid groups (broad SMARTS) is 1. The van der Waals surface area contributed by atoms with E-state index in [1.54, 1.807) is 0 Å². The second kappa shape index (κ2) is 6.39. The summed E-state index contributed by atoms with van der Waals surface area (Å²) in [6, 6.07) is 6.46. The first-order valence-electron chi connectivity index (χ1n) is 9.31. The van der Waals surface area contributed by atoms with Crippen LogP contribution in [0.15, 0.2) is 18.2 Å². The Balaban J connectivity index is 1.94. The van der Waals surface area contributed by atoms with Gasteiger partial charge in [-0.15, -0.1) is 0 Å². The fourth-order valence-corrected chi connectivity index (χ4v) is 4.67. The van der Waals surface area contributed by atoms with Crippen molar-refractivity contribution in [1.29, 1.82) is 0 Å². The van der Waals surface area contributed by atoms with E-state index in [2.05, 4.69) is 56.0 Å². The minimum atomic E-state index is -0.895. The van der Waals surface area contributed by atoms with Crippen molar-refractivity contribution in [2.45, 2.75) is 71.1 Å². The molecule has 3 N–H and O–H groups in total. The summed E-state index contributed by atoms with van der Waals surface area (Å²) < 4.78 is 0. The molecular weight excluding hydrogens is 326 g/mol. The van der Waals surface area contributed by atoms with Gasteiger partial charge < -0.3 is 15.4 Å². The smallest absolute Gasteiger partial charge is 0.352 e. The number of aryl methyl sites for hydroxylation is 1. The van der Waals surface area contributed by atoms with Crippen molar-refractivity contribution < 1.29 is 9.90 Å². The van der Waals surface area contributed by atoms with Gasteiger partial charge in [-0.05, 0) is 66.6 Å². The third kappa shape index (κ3) is 3.79. The van der Waals surface area contributed by atoms with E-state index < -0.39 is 5.97 Å². The van der Waals surface area contributed by atoms with Gasteiger partial charge in [-0.1, -0.05) is 11.6 Å². The number of nitrogens with zero attached hydrogens (tertiary/aromatic N) is 1. The van der Waals surface area contributed by atoms with Gasteiger partial charge in [-0.25, -0.2) is 4.79 Å². The lowest BCUT2D eigenvalue weighted by Gasteiger charge is -2.49. The number of carbonyl (C=O) groups is 1. The maximum absolute atomic E-state index is 11.8. The number of piperidine rings is 1. The summed E-state index contributed by atoms with van der Waals surface area (Å²) in [5.74, 6) is -0.895. The van der Waals surface area contributed by atoms with Crippen LogP contribution in [-0.4, -0.2) is 45.1 Å². The summed E-state index contributed by atoms with van der Waals surface area (Å²) in [6.07, 6.45) is 2.08. The summed E-state index contributed by atoms with van der Waals surface area (Å²) in [5.41, 5.74) is 3.35. The van der Waals surface area contributed by atoms with Crippen LogP contribution in [-0.2, 0) is 6.54 Å². The molecular formula is C21H31N3O2. The predicted molar refractivity (Wildman–Crippen MR) is 106 cm³/mol. The fourth-order valence-electron chi connectivity index (χ4n) is 4.67. The lowest BCUT2D eigenvalue weighted by molar-refractivity contribution is 0.0674. The summed E-state index contributed by atoms with van der Waals surface area (Å²) in [7, 11) is 2.11. The number of aromatic nitrogens is 1. The van der Waals surface area contributed by atoms with Gasteiger partial charge >= 0.3 is 5.97 Å². The Kier molecular flexibility index (Phi) is 4.65. The van der Waals surface area contributed by atoms with Crippen molar-refractivity contribution in [2.75, 3.05) is 7.05 Å². The van der Waals surface area contributed by atoms with Gasteiger partial charge in [0.05, 0.1) is 0 Å². The van der Waals surface area contributed by atoms with E-state index >= 15 is 0 Å². The van der Waals surface area contributed by atoms with Gasteiger partial charge in [0.15, 0.2) is 0 Å². The molecule has 1 aliphatic heterocycles. The number of aromatic carboxylic acids is 1. The van der Waals surface area contributed by atoms with Gasteiger partial charge in [0.25, 0.3) is 0 Å². The molecule has 0 spiro atoms. The number of aromatic amines is 1. The van der Waals surface area contributed by atoms with Crippen molar-refractivity contribution in [3.63, 3.8) is 0 Å². The summed E-state index contributed by atoms with van der Waals surface area (Å²) in [6.45, 7) is 11.6. The Labute approximate surface area is 155 Å². The van der Waals surface area contributed by atoms with Crippen LogP contribution in [0.25, 0.3) is 10.9 Å². The van der Waals surface area contributed by atoms with Crippen molar-refractivity contribution in [2.24, 2.45) is 0 Å². The number of H-pyrrole nitrogens is 1. The molecule has 26 heavy (non-hydrogen) atoms. The summed E-state index contributed by atoms with van der Waals surface area (Å²) in [4.78, 5) is 17.2. The first-order chi connectivity index (χ1) is 12.0. The molecule has 5 heteroatoms. The molecule has 0 aliphatic carbocycles. The van der Waals surface area contributed by atoms with Gasteiger partial charge in [-0.3, -0.25) is 4.90 Å². The minimum Gasteiger partial charge on any atom is -0.477 e. The quantitative estimate of drug-likeness (QED) is 0.776. The van der Waals surface area contributed by atoms with Crippen LogP contribution in [0, 0.1) is 6.92 Å². The number of hydrogen-bond acceptors (Lipinski definition) is 3. The third-order valence-electron chi connectivity index (χ3n) is 5.48. The van der Waals surface area contributed by atoms with Gasteiger partial charge in [0.1, 0.15) is 5.69 Å². The SMILES string of the molecule is Cc1ccc2[nH]c(C(=O)O)c(CN(C)C3CC(C)(C)NC(C)(C)C3)c2c1. The summed E-state index contributed by atoms with van der Waals surface area (Å²) >= 11 is 0. The first-order valence-corrected chi connectivity index (χ1v) is 9.31. The molecule has 142 valence electrons. The molecule has 2 aromatic rings. The van der Waals surface area contributed by atoms with E-state index in [0.29, 0.717) is 18.3 Å². The second-order valence-electron chi connectivity index (χ2n) is 9.20. The zero-order valence-electron chi connectivity index (χ0n) is 16.7. The van der Waals surface area contributed by atoms with Crippen molar-refractivity contribution in [3.05, 3.63) is 35.0 Å². The van der Waals surface area contributed by atoms with E-state index in [-0.39, 0.29) is 11.1 Å². The number of carboxylic acids is 1. The standard InChI is InChI=1S/C21H31N3O2/c1-13-7-8-17-15(9-13)16(18(22-17)19(25)26)12-24(6)14-10-20(2,3)23-21(4,5)11-14/h7-9,14,22-23H,10-12H2,1-6H3,(H,25,26). The van der Waals surface area contributed by atoms with E-state index in [1.165, 1.54) is 0 Å². The minimum absolute atomic E-state index is 0.0626. The van der Waals surface area contributed by atoms with Crippen molar-refractivity contribution in [3.8, 4) is 0 Å². The van der Waals surface area contributed by atoms with Crippen LogP contribution in [0.5, 0.6) is 0 Å². The molecule has 0 bridgehead atoms. The lowest BCUT2D eigenvalue weighted by atomic mass is 9.79. The zero-order valence-corrected chi connectivity index (χ0v) is 16.7. The fraction of sp³-hybridized carbons (Fsp3) is 0.571. The molecule has 0 atom stereocenters. The normalized spacial score (nSPS) is 20.0. The molecule has 0 saturated carbocycles. The topological polar surface area (TPSA) is 68.4 Å². The largest absolute Gasteiger partial charge is 0.477 e. The van der Waals surface area contributed by atoms with Crippen LogP contribution in [0.4, 0.5) is 0 Å².